The van der Waals surface area contributed by atoms with E-state index < -0.39 is 17.7 Å². The van der Waals surface area contributed by atoms with Crippen LogP contribution >= 0.6 is 31.9 Å². The number of rotatable bonds is 4. The number of hydrogen-bond donors (Lipinski definition) is 1. The summed E-state index contributed by atoms with van der Waals surface area (Å²) in [4.78, 5) is 0. The maximum atomic E-state index is 14.3. The highest BCUT2D eigenvalue weighted by molar-refractivity contribution is 9.10. The fraction of sp³-hybridized carbons (Fsp3) is 0.200. The van der Waals surface area contributed by atoms with Gasteiger partial charge < -0.3 is 5.32 Å². The van der Waals surface area contributed by atoms with Crippen molar-refractivity contribution >= 4 is 31.9 Å². The third kappa shape index (κ3) is 3.10. The molecule has 20 heavy (non-hydrogen) atoms. The minimum Gasteiger partial charge on any atom is -0.306 e. The normalized spacial score (nSPS) is 12.4. The van der Waals surface area contributed by atoms with E-state index in [1.165, 1.54) is 12.1 Å². The summed E-state index contributed by atoms with van der Waals surface area (Å²) in [6.07, 6.45) is 0. The SMILES string of the molecule is CCNC(c1ccccc1Br)c1c(F)ccc(Br)c1F. The van der Waals surface area contributed by atoms with Crippen LogP contribution in [-0.4, -0.2) is 6.54 Å². The van der Waals surface area contributed by atoms with Gasteiger partial charge in [0.05, 0.1) is 10.5 Å². The van der Waals surface area contributed by atoms with Crippen molar-refractivity contribution in [3.05, 3.63) is 68.1 Å². The molecule has 0 aromatic heterocycles. The fourth-order valence-electron chi connectivity index (χ4n) is 2.09. The zero-order valence-electron chi connectivity index (χ0n) is 10.8. The third-order valence-electron chi connectivity index (χ3n) is 2.99. The molecule has 2 rings (SSSR count). The molecule has 0 saturated heterocycles. The monoisotopic (exact) mass is 403 g/mol. The van der Waals surface area contributed by atoms with Crippen LogP contribution < -0.4 is 5.32 Å². The van der Waals surface area contributed by atoms with Crippen molar-refractivity contribution < 1.29 is 8.78 Å². The quantitative estimate of drug-likeness (QED) is 0.691. The van der Waals surface area contributed by atoms with E-state index in [0.29, 0.717) is 6.54 Å². The molecule has 2 aromatic carbocycles. The second-order valence-corrected chi connectivity index (χ2v) is 5.98. The smallest absolute Gasteiger partial charge is 0.145 e. The second kappa shape index (κ2) is 6.78. The lowest BCUT2D eigenvalue weighted by Gasteiger charge is -2.21. The Hall–Kier alpha value is -0.780. The molecule has 0 aliphatic carbocycles. The molecule has 5 heteroatoms. The van der Waals surface area contributed by atoms with E-state index in [1.54, 1.807) is 0 Å². The van der Waals surface area contributed by atoms with E-state index in [4.69, 9.17) is 0 Å². The molecule has 1 unspecified atom stereocenters. The van der Waals surface area contributed by atoms with E-state index in [1.807, 2.05) is 31.2 Å². The van der Waals surface area contributed by atoms with Gasteiger partial charge in [0.1, 0.15) is 11.6 Å². The first-order valence-electron chi connectivity index (χ1n) is 6.17. The first-order chi connectivity index (χ1) is 9.56. The van der Waals surface area contributed by atoms with Crippen molar-refractivity contribution in [2.45, 2.75) is 13.0 Å². The standard InChI is InChI=1S/C15H13Br2F2N/c1-2-20-15(9-5-3-4-6-10(9)16)13-12(18)8-7-11(17)14(13)19/h3-8,15,20H,2H2,1H3. The van der Waals surface area contributed by atoms with Crippen molar-refractivity contribution in [2.75, 3.05) is 6.54 Å². The summed E-state index contributed by atoms with van der Waals surface area (Å²) in [5.74, 6) is -1.14. The van der Waals surface area contributed by atoms with Gasteiger partial charge in [0.25, 0.3) is 0 Å². The lowest BCUT2D eigenvalue weighted by Crippen LogP contribution is -2.24. The van der Waals surface area contributed by atoms with E-state index in [-0.39, 0.29) is 10.0 Å². The van der Waals surface area contributed by atoms with Crippen molar-refractivity contribution in [3.8, 4) is 0 Å². The Bertz CT molecular complexity index is 617. The summed E-state index contributed by atoms with van der Waals surface area (Å²) in [6, 6.07) is 9.50. The average Bonchev–Trinajstić information content (AvgIpc) is 2.43. The molecule has 2 aromatic rings. The first kappa shape index (κ1) is 15.6. The predicted octanol–water partition coefficient (Wildman–Crippen LogP) is 5.19. The zero-order chi connectivity index (χ0) is 14.7. The number of hydrogen-bond acceptors (Lipinski definition) is 1. The second-order valence-electron chi connectivity index (χ2n) is 4.27. The predicted molar refractivity (Wildman–Crippen MR) is 83.7 cm³/mol. The van der Waals surface area contributed by atoms with Gasteiger partial charge in [-0.2, -0.15) is 0 Å². The topological polar surface area (TPSA) is 12.0 Å². The van der Waals surface area contributed by atoms with Crippen LogP contribution in [0.15, 0.2) is 45.3 Å². The van der Waals surface area contributed by atoms with Crippen LogP contribution in [0.4, 0.5) is 8.78 Å². The molecule has 1 nitrogen and oxygen atoms in total. The van der Waals surface area contributed by atoms with Gasteiger partial charge in [0.15, 0.2) is 0 Å². The Morgan fingerprint density at radius 1 is 1.05 bits per heavy atom. The highest BCUT2D eigenvalue weighted by Gasteiger charge is 2.24. The van der Waals surface area contributed by atoms with Crippen LogP contribution in [0.25, 0.3) is 0 Å². The Labute approximate surface area is 133 Å². The van der Waals surface area contributed by atoms with Crippen molar-refractivity contribution in [1.82, 2.24) is 5.32 Å². The molecule has 1 atom stereocenters. The summed E-state index contributed by atoms with van der Waals surface area (Å²) in [7, 11) is 0. The molecule has 0 saturated carbocycles. The summed E-state index contributed by atoms with van der Waals surface area (Å²) in [6.45, 7) is 2.50. The molecule has 0 heterocycles. The molecule has 0 spiro atoms. The van der Waals surface area contributed by atoms with Crippen molar-refractivity contribution in [2.24, 2.45) is 0 Å². The molecular formula is C15H13Br2F2N. The van der Waals surface area contributed by atoms with Gasteiger partial charge in [-0.15, -0.1) is 0 Å². The Morgan fingerprint density at radius 3 is 2.40 bits per heavy atom. The lowest BCUT2D eigenvalue weighted by molar-refractivity contribution is 0.506. The minimum absolute atomic E-state index is 0.0214. The van der Waals surface area contributed by atoms with Gasteiger partial charge in [-0.25, -0.2) is 8.78 Å². The molecule has 0 radical (unpaired) electrons. The van der Waals surface area contributed by atoms with Crippen LogP contribution in [0, 0.1) is 11.6 Å². The van der Waals surface area contributed by atoms with Crippen LogP contribution in [0.2, 0.25) is 0 Å². The Morgan fingerprint density at radius 2 is 1.75 bits per heavy atom. The lowest BCUT2D eigenvalue weighted by atomic mass is 9.97. The molecular weight excluding hydrogens is 392 g/mol. The van der Waals surface area contributed by atoms with Crippen LogP contribution in [0.3, 0.4) is 0 Å². The fourth-order valence-corrected chi connectivity index (χ4v) is 2.95. The van der Waals surface area contributed by atoms with Gasteiger partial charge >= 0.3 is 0 Å². The third-order valence-corrected chi connectivity index (χ3v) is 4.33. The van der Waals surface area contributed by atoms with Gasteiger partial charge in [-0.1, -0.05) is 41.1 Å². The van der Waals surface area contributed by atoms with Crippen LogP contribution in [0.5, 0.6) is 0 Å². The van der Waals surface area contributed by atoms with Gasteiger partial charge in [-0.3, -0.25) is 0 Å². The number of halogens is 4. The van der Waals surface area contributed by atoms with Gasteiger partial charge in [-0.05, 0) is 46.2 Å². The summed E-state index contributed by atoms with van der Waals surface area (Å²) >= 11 is 6.54. The Balaban J connectivity index is 2.61. The zero-order valence-corrected chi connectivity index (χ0v) is 13.9. The van der Waals surface area contributed by atoms with E-state index >= 15 is 0 Å². The molecule has 106 valence electrons. The Kier molecular flexibility index (Phi) is 5.29. The van der Waals surface area contributed by atoms with Gasteiger partial charge in [0.2, 0.25) is 0 Å². The van der Waals surface area contributed by atoms with E-state index in [2.05, 4.69) is 37.2 Å². The van der Waals surface area contributed by atoms with Crippen molar-refractivity contribution in [1.29, 1.82) is 0 Å². The summed E-state index contributed by atoms with van der Waals surface area (Å²) < 4.78 is 29.5. The first-order valence-corrected chi connectivity index (χ1v) is 7.76. The highest BCUT2D eigenvalue weighted by Crippen LogP contribution is 2.33. The highest BCUT2D eigenvalue weighted by atomic mass is 79.9. The molecule has 0 aliphatic heterocycles. The van der Waals surface area contributed by atoms with Crippen LogP contribution in [-0.2, 0) is 0 Å². The number of nitrogens with one attached hydrogen (secondary N) is 1. The molecule has 0 amide bonds. The van der Waals surface area contributed by atoms with Crippen molar-refractivity contribution in [3.63, 3.8) is 0 Å². The van der Waals surface area contributed by atoms with E-state index in [9.17, 15) is 8.78 Å². The largest absolute Gasteiger partial charge is 0.306 e. The summed E-state index contributed by atoms with van der Waals surface area (Å²) in [5.41, 5.74) is 0.818. The van der Waals surface area contributed by atoms with E-state index in [0.717, 1.165) is 10.0 Å². The minimum atomic E-state index is -0.577. The maximum Gasteiger partial charge on any atom is 0.145 e. The van der Waals surface area contributed by atoms with Gasteiger partial charge in [0, 0.05) is 10.0 Å². The molecule has 0 bridgehead atoms. The molecule has 0 aliphatic rings. The average molecular weight is 405 g/mol. The number of benzene rings is 2. The molecule has 0 fully saturated rings. The van der Waals surface area contributed by atoms with Crippen LogP contribution in [0.1, 0.15) is 24.1 Å². The molecule has 1 N–H and O–H groups in total. The maximum absolute atomic E-state index is 14.3. The summed E-state index contributed by atoms with van der Waals surface area (Å²) in [5, 5.41) is 3.13.